The van der Waals surface area contributed by atoms with Crippen molar-refractivity contribution in [2.75, 3.05) is 26.7 Å². The van der Waals surface area contributed by atoms with Crippen LogP contribution in [0, 0.1) is 5.82 Å². The second-order valence-electron chi connectivity index (χ2n) is 7.70. The first kappa shape index (κ1) is 23.2. The number of likely N-dealkylation sites (tertiary alicyclic amines) is 1. The molecule has 1 heterocycles. The van der Waals surface area contributed by atoms with E-state index in [2.05, 4.69) is 20.5 Å². The van der Waals surface area contributed by atoms with Gasteiger partial charge >= 0.3 is 0 Å². The summed E-state index contributed by atoms with van der Waals surface area (Å²) in [5.74, 6) is 0.744. The highest BCUT2D eigenvalue weighted by Crippen LogP contribution is 2.26. The lowest BCUT2D eigenvalue weighted by atomic mass is 10.0. The van der Waals surface area contributed by atoms with Crippen molar-refractivity contribution < 1.29 is 9.13 Å². The SMILES string of the molecule is CN=C(NCC(C)Oc1ccccc1F)NC1CCN(C2CCCC2)CC1.I. The minimum atomic E-state index is -0.333. The number of rotatable bonds is 6. The molecule has 158 valence electrons. The van der Waals surface area contributed by atoms with E-state index in [0.29, 0.717) is 12.6 Å². The summed E-state index contributed by atoms with van der Waals surface area (Å²) in [6.45, 7) is 4.83. The van der Waals surface area contributed by atoms with E-state index in [1.807, 2.05) is 6.92 Å². The fraction of sp³-hybridized carbons (Fsp3) is 0.667. The van der Waals surface area contributed by atoms with Crippen LogP contribution in [0.25, 0.3) is 0 Å². The second-order valence-corrected chi connectivity index (χ2v) is 7.70. The topological polar surface area (TPSA) is 48.9 Å². The average molecular weight is 504 g/mol. The van der Waals surface area contributed by atoms with Gasteiger partial charge in [0.15, 0.2) is 17.5 Å². The zero-order valence-electron chi connectivity index (χ0n) is 17.0. The maximum absolute atomic E-state index is 13.7. The molecule has 3 rings (SSSR count). The summed E-state index contributed by atoms with van der Waals surface area (Å²) in [7, 11) is 1.78. The normalized spacial score (nSPS) is 20.5. The molecule has 1 aromatic carbocycles. The highest BCUT2D eigenvalue weighted by molar-refractivity contribution is 14.0. The number of hydrogen-bond donors (Lipinski definition) is 2. The molecule has 7 heteroatoms. The van der Waals surface area contributed by atoms with Crippen LogP contribution >= 0.6 is 24.0 Å². The molecule has 0 aromatic heterocycles. The van der Waals surface area contributed by atoms with E-state index in [0.717, 1.165) is 24.8 Å². The van der Waals surface area contributed by atoms with E-state index < -0.39 is 0 Å². The van der Waals surface area contributed by atoms with E-state index in [1.165, 1.54) is 44.8 Å². The Labute approximate surface area is 185 Å². The molecule has 1 aromatic rings. The van der Waals surface area contributed by atoms with E-state index >= 15 is 0 Å². The monoisotopic (exact) mass is 504 g/mol. The quantitative estimate of drug-likeness (QED) is 0.352. The summed E-state index contributed by atoms with van der Waals surface area (Å²) in [5, 5.41) is 6.83. The number of halogens is 2. The van der Waals surface area contributed by atoms with Crippen molar-refractivity contribution in [1.82, 2.24) is 15.5 Å². The fourth-order valence-electron chi connectivity index (χ4n) is 4.11. The molecule has 1 atom stereocenters. The van der Waals surface area contributed by atoms with Crippen LogP contribution in [0.5, 0.6) is 5.75 Å². The largest absolute Gasteiger partial charge is 0.486 e. The summed E-state index contributed by atoms with van der Waals surface area (Å²) in [5.41, 5.74) is 0. The van der Waals surface area contributed by atoms with Crippen LogP contribution in [0.1, 0.15) is 45.4 Å². The molecule has 2 N–H and O–H groups in total. The molecule has 0 spiro atoms. The van der Waals surface area contributed by atoms with Crippen molar-refractivity contribution >= 4 is 29.9 Å². The number of hydrogen-bond acceptors (Lipinski definition) is 3. The number of aliphatic imine (C=N–C) groups is 1. The van der Waals surface area contributed by atoms with Gasteiger partial charge in [0.2, 0.25) is 0 Å². The maximum atomic E-state index is 13.7. The van der Waals surface area contributed by atoms with Crippen LogP contribution < -0.4 is 15.4 Å². The summed E-state index contributed by atoms with van der Waals surface area (Å²) >= 11 is 0. The van der Waals surface area contributed by atoms with Gasteiger partial charge in [-0.3, -0.25) is 4.99 Å². The van der Waals surface area contributed by atoms with Gasteiger partial charge in [-0.1, -0.05) is 25.0 Å². The van der Waals surface area contributed by atoms with Crippen LogP contribution in [0.3, 0.4) is 0 Å². The molecule has 0 bridgehead atoms. The standard InChI is InChI=1S/C21H33FN4O.HI/c1-16(27-20-10-6-5-9-19(20)22)15-24-21(23-2)25-17-11-13-26(14-12-17)18-7-3-4-8-18;/h5-6,9-10,16-18H,3-4,7-8,11-15H2,1-2H3,(H2,23,24,25);1H. The molecule has 2 fully saturated rings. The molecule has 0 amide bonds. The number of piperidine rings is 1. The number of para-hydroxylation sites is 1. The van der Waals surface area contributed by atoms with Crippen molar-refractivity contribution in [2.24, 2.45) is 4.99 Å². The van der Waals surface area contributed by atoms with Crippen molar-refractivity contribution in [2.45, 2.75) is 63.6 Å². The zero-order chi connectivity index (χ0) is 19.1. The first-order valence-electron chi connectivity index (χ1n) is 10.3. The third-order valence-corrected chi connectivity index (χ3v) is 5.66. The predicted molar refractivity (Wildman–Crippen MR) is 123 cm³/mol. The van der Waals surface area contributed by atoms with Crippen LogP contribution in [0.15, 0.2) is 29.3 Å². The molecule has 0 radical (unpaired) electrons. The molecule has 1 saturated heterocycles. The molecule has 1 aliphatic heterocycles. The van der Waals surface area contributed by atoms with Gasteiger partial charge in [0.05, 0.1) is 6.54 Å². The molecule has 1 aliphatic carbocycles. The van der Waals surface area contributed by atoms with E-state index in [-0.39, 0.29) is 41.6 Å². The average Bonchev–Trinajstić information content (AvgIpc) is 3.22. The Balaban J connectivity index is 0.00000280. The van der Waals surface area contributed by atoms with E-state index in [4.69, 9.17) is 4.74 Å². The maximum Gasteiger partial charge on any atom is 0.191 e. The van der Waals surface area contributed by atoms with Gasteiger partial charge in [0, 0.05) is 32.2 Å². The number of nitrogens with one attached hydrogen (secondary N) is 2. The van der Waals surface area contributed by atoms with Gasteiger partial charge in [0.1, 0.15) is 6.10 Å². The number of nitrogens with zero attached hydrogens (tertiary/aromatic N) is 2. The summed E-state index contributed by atoms with van der Waals surface area (Å²) in [4.78, 5) is 7.00. The fourth-order valence-corrected chi connectivity index (χ4v) is 4.11. The number of guanidine groups is 1. The van der Waals surface area contributed by atoms with Gasteiger partial charge < -0.3 is 20.3 Å². The van der Waals surface area contributed by atoms with Gasteiger partial charge in [-0.25, -0.2) is 4.39 Å². The van der Waals surface area contributed by atoms with E-state index in [1.54, 1.807) is 25.2 Å². The number of ether oxygens (including phenoxy) is 1. The Morgan fingerprint density at radius 2 is 1.89 bits per heavy atom. The third-order valence-electron chi connectivity index (χ3n) is 5.66. The first-order valence-corrected chi connectivity index (χ1v) is 10.3. The van der Waals surface area contributed by atoms with Crippen LogP contribution in [-0.2, 0) is 0 Å². The predicted octanol–water partition coefficient (Wildman–Crippen LogP) is 3.78. The van der Waals surface area contributed by atoms with Crippen molar-refractivity contribution in [3.8, 4) is 5.75 Å². The van der Waals surface area contributed by atoms with Gasteiger partial charge in [0.25, 0.3) is 0 Å². The number of benzene rings is 1. The summed E-state index contributed by atoms with van der Waals surface area (Å²) in [6.07, 6.45) is 7.68. The minimum absolute atomic E-state index is 0. The van der Waals surface area contributed by atoms with Crippen molar-refractivity contribution in [1.29, 1.82) is 0 Å². The summed E-state index contributed by atoms with van der Waals surface area (Å²) in [6, 6.07) is 7.77. The highest BCUT2D eigenvalue weighted by atomic mass is 127. The summed E-state index contributed by atoms with van der Waals surface area (Å²) < 4.78 is 19.4. The zero-order valence-corrected chi connectivity index (χ0v) is 19.3. The Kier molecular flexibility index (Phi) is 9.77. The van der Waals surface area contributed by atoms with Crippen molar-refractivity contribution in [3.63, 3.8) is 0 Å². The lowest BCUT2D eigenvalue weighted by molar-refractivity contribution is 0.150. The van der Waals surface area contributed by atoms with Crippen LogP contribution in [0.2, 0.25) is 0 Å². The Bertz CT molecular complexity index is 616. The Morgan fingerprint density at radius 1 is 1.21 bits per heavy atom. The van der Waals surface area contributed by atoms with Gasteiger partial charge in [-0.05, 0) is 44.7 Å². The van der Waals surface area contributed by atoms with Gasteiger partial charge in [-0.15, -0.1) is 24.0 Å². The van der Waals surface area contributed by atoms with Crippen LogP contribution in [0.4, 0.5) is 4.39 Å². The lowest BCUT2D eigenvalue weighted by Crippen LogP contribution is -2.51. The smallest absolute Gasteiger partial charge is 0.191 e. The molecular weight excluding hydrogens is 470 g/mol. The third kappa shape index (κ3) is 6.76. The molecular formula is C21H34FIN4O. The lowest BCUT2D eigenvalue weighted by Gasteiger charge is -2.36. The highest BCUT2D eigenvalue weighted by Gasteiger charge is 2.27. The Morgan fingerprint density at radius 3 is 2.54 bits per heavy atom. The van der Waals surface area contributed by atoms with Crippen molar-refractivity contribution in [3.05, 3.63) is 30.1 Å². The first-order chi connectivity index (χ1) is 13.2. The second kappa shape index (κ2) is 11.8. The van der Waals surface area contributed by atoms with E-state index in [9.17, 15) is 4.39 Å². The molecule has 1 unspecified atom stereocenters. The minimum Gasteiger partial charge on any atom is -0.486 e. The molecule has 2 aliphatic rings. The molecule has 1 saturated carbocycles. The van der Waals surface area contributed by atoms with Crippen LogP contribution in [-0.4, -0.2) is 55.7 Å². The molecule has 28 heavy (non-hydrogen) atoms. The van der Waals surface area contributed by atoms with Gasteiger partial charge in [-0.2, -0.15) is 0 Å². The Hall–Kier alpha value is -1.09. The molecule has 5 nitrogen and oxygen atoms in total.